The maximum Gasteiger partial charge on any atom is 0.312 e. The summed E-state index contributed by atoms with van der Waals surface area (Å²) in [5.74, 6) is 0.542. The number of rotatable bonds is 4. The van der Waals surface area contributed by atoms with Crippen molar-refractivity contribution in [2.45, 2.75) is 6.54 Å². The number of aromatic nitrogens is 3. The Labute approximate surface area is 142 Å². The standard InChI is InChI=1S/C18H15N5O2/c19-18(24)20-8-15-17(23-10-25-15)13-5-2-1-4-11(13)12-6-3-7-14-16(12)22-9-21-14/h1-7,9-10H,8H2,(H,21,22)(H3,19,20,24). The number of para-hydroxylation sites is 1. The molecular formula is C18H15N5O2. The van der Waals surface area contributed by atoms with Crippen molar-refractivity contribution in [1.29, 1.82) is 0 Å². The fraction of sp³-hybridized carbons (Fsp3) is 0.0556. The van der Waals surface area contributed by atoms with Crippen molar-refractivity contribution in [1.82, 2.24) is 20.3 Å². The van der Waals surface area contributed by atoms with Gasteiger partial charge in [0.15, 0.2) is 12.2 Å². The van der Waals surface area contributed by atoms with Gasteiger partial charge < -0.3 is 20.5 Å². The second-order valence-electron chi connectivity index (χ2n) is 5.49. The van der Waals surface area contributed by atoms with Crippen molar-refractivity contribution in [2.75, 3.05) is 0 Å². The van der Waals surface area contributed by atoms with Crippen molar-refractivity contribution >= 4 is 17.1 Å². The summed E-state index contributed by atoms with van der Waals surface area (Å²) in [5, 5.41) is 2.53. The number of hydrogen-bond donors (Lipinski definition) is 3. The average molecular weight is 333 g/mol. The van der Waals surface area contributed by atoms with E-state index in [2.05, 4.69) is 20.3 Å². The highest BCUT2D eigenvalue weighted by Gasteiger charge is 2.17. The summed E-state index contributed by atoms with van der Waals surface area (Å²) in [4.78, 5) is 22.9. The zero-order valence-electron chi connectivity index (χ0n) is 13.2. The summed E-state index contributed by atoms with van der Waals surface area (Å²) in [6, 6.07) is 13.2. The van der Waals surface area contributed by atoms with Gasteiger partial charge in [0.2, 0.25) is 0 Å². The second kappa shape index (κ2) is 6.12. The van der Waals surface area contributed by atoms with Crippen LogP contribution < -0.4 is 11.1 Å². The second-order valence-corrected chi connectivity index (χ2v) is 5.49. The molecule has 25 heavy (non-hydrogen) atoms. The highest BCUT2D eigenvalue weighted by atomic mass is 16.3. The highest BCUT2D eigenvalue weighted by Crippen LogP contribution is 2.35. The zero-order valence-corrected chi connectivity index (χ0v) is 13.2. The lowest BCUT2D eigenvalue weighted by Crippen LogP contribution is -2.28. The molecule has 0 aliphatic rings. The molecule has 7 heteroatoms. The molecule has 0 saturated heterocycles. The van der Waals surface area contributed by atoms with E-state index in [0.717, 1.165) is 27.7 Å². The molecule has 0 spiro atoms. The Morgan fingerprint density at radius 1 is 1.08 bits per heavy atom. The number of nitrogens with two attached hydrogens (primary N) is 1. The van der Waals surface area contributed by atoms with Crippen LogP contribution in [0.15, 0.2) is 59.6 Å². The first-order valence-electron chi connectivity index (χ1n) is 7.71. The van der Waals surface area contributed by atoms with Crippen LogP contribution in [0.4, 0.5) is 4.79 Å². The van der Waals surface area contributed by atoms with Crippen LogP contribution in [0.1, 0.15) is 5.76 Å². The Balaban J connectivity index is 1.85. The van der Waals surface area contributed by atoms with E-state index in [1.54, 1.807) is 6.33 Å². The number of aromatic amines is 1. The minimum Gasteiger partial charge on any atom is -0.446 e. The Bertz CT molecular complexity index is 1050. The van der Waals surface area contributed by atoms with Crippen LogP contribution in [0, 0.1) is 0 Å². The number of urea groups is 1. The van der Waals surface area contributed by atoms with E-state index >= 15 is 0 Å². The number of nitrogens with zero attached hydrogens (tertiary/aromatic N) is 2. The number of H-pyrrole nitrogens is 1. The van der Waals surface area contributed by atoms with Crippen molar-refractivity contribution in [3.63, 3.8) is 0 Å². The van der Waals surface area contributed by atoms with E-state index in [1.807, 2.05) is 42.5 Å². The molecule has 2 heterocycles. The third-order valence-electron chi connectivity index (χ3n) is 3.99. The Morgan fingerprint density at radius 2 is 1.88 bits per heavy atom. The molecule has 0 aliphatic carbocycles. The number of fused-ring (bicyclic) bond motifs is 1. The van der Waals surface area contributed by atoms with Gasteiger partial charge in [0.05, 0.1) is 23.9 Å². The minimum atomic E-state index is -0.614. The SMILES string of the molecule is NC(=O)NCc1ocnc1-c1ccccc1-c1cccc2[nH]cnc12. The quantitative estimate of drug-likeness (QED) is 0.533. The number of amides is 2. The Kier molecular flexibility index (Phi) is 3.66. The van der Waals surface area contributed by atoms with Crippen LogP contribution in [-0.2, 0) is 6.54 Å². The van der Waals surface area contributed by atoms with Crippen LogP contribution >= 0.6 is 0 Å². The van der Waals surface area contributed by atoms with Crippen LogP contribution in [0.2, 0.25) is 0 Å². The predicted molar refractivity (Wildman–Crippen MR) is 93.4 cm³/mol. The van der Waals surface area contributed by atoms with Crippen molar-refractivity contribution in [2.24, 2.45) is 5.73 Å². The fourth-order valence-corrected chi connectivity index (χ4v) is 2.89. The predicted octanol–water partition coefficient (Wildman–Crippen LogP) is 3.05. The van der Waals surface area contributed by atoms with E-state index in [1.165, 1.54) is 6.39 Å². The highest BCUT2D eigenvalue weighted by molar-refractivity contribution is 5.96. The summed E-state index contributed by atoms with van der Waals surface area (Å²) < 4.78 is 5.43. The molecule has 2 amide bonds. The van der Waals surface area contributed by atoms with E-state index in [-0.39, 0.29) is 6.54 Å². The van der Waals surface area contributed by atoms with Crippen LogP contribution in [0.25, 0.3) is 33.4 Å². The van der Waals surface area contributed by atoms with Gasteiger partial charge >= 0.3 is 6.03 Å². The molecule has 0 atom stereocenters. The van der Waals surface area contributed by atoms with Gasteiger partial charge in [-0.3, -0.25) is 0 Å². The molecule has 4 aromatic rings. The Hall–Kier alpha value is -3.61. The molecule has 2 aromatic heterocycles. The minimum absolute atomic E-state index is 0.172. The fourth-order valence-electron chi connectivity index (χ4n) is 2.89. The molecule has 0 aliphatic heterocycles. The van der Waals surface area contributed by atoms with Crippen LogP contribution in [0.5, 0.6) is 0 Å². The summed E-state index contributed by atoms with van der Waals surface area (Å²) in [5.41, 5.74) is 10.5. The monoisotopic (exact) mass is 333 g/mol. The van der Waals surface area contributed by atoms with Gasteiger partial charge in [-0.05, 0) is 11.6 Å². The van der Waals surface area contributed by atoms with Gasteiger partial charge in [-0.15, -0.1) is 0 Å². The first-order chi connectivity index (χ1) is 12.2. The molecule has 4 rings (SSSR count). The first-order valence-corrected chi connectivity index (χ1v) is 7.71. The lowest BCUT2D eigenvalue weighted by Gasteiger charge is -2.10. The topological polar surface area (TPSA) is 110 Å². The average Bonchev–Trinajstić information content (AvgIpc) is 3.28. The number of primary amides is 1. The molecule has 0 unspecified atom stereocenters. The number of benzene rings is 2. The lowest BCUT2D eigenvalue weighted by atomic mass is 9.96. The maximum absolute atomic E-state index is 11.0. The molecule has 7 nitrogen and oxygen atoms in total. The number of imidazole rings is 1. The lowest BCUT2D eigenvalue weighted by molar-refractivity contribution is 0.247. The summed E-state index contributed by atoms with van der Waals surface area (Å²) >= 11 is 0. The third kappa shape index (κ3) is 2.72. The van der Waals surface area contributed by atoms with E-state index in [0.29, 0.717) is 11.5 Å². The van der Waals surface area contributed by atoms with Gasteiger partial charge in [0, 0.05) is 11.1 Å². The molecule has 2 aromatic carbocycles. The van der Waals surface area contributed by atoms with Crippen molar-refractivity contribution in [3.05, 3.63) is 60.9 Å². The van der Waals surface area contributed by atoms with Crippen molar-refractivity contribution in [3.8, 4) is 22.4 Å². The number of carbonyl (C=O) groups is 1. The molecule has 0 saturated carbocycles. The summed E-state index contributed by atoms with van der Waals surface area (Å²) in [6.45, 7) is 0.172. The van der Waals surface area contributed by atoms with Gasteiger partial charge in [-0.2, -0.15) is 0 Å². The first kappa shape index (κ1) is 14.9. The van der Waals surface area contributed by atoms with Crippen molar-refractivity contribution < 1.29 is 9.21 Å². The van der Waals surface area contributed by atoms with Crippen LogP contribution in [-0.4, -0.2) is 21.0 Å². The molecule has 0 fully saturated rings. The molecule has 124 valence electrons. The number of nitrogens with one attached hydrogen (secondary N) is 2. The summed E-state index contributed by atoms with van der Waals surface area (Å²) in [7, 11) is 0. The summed E-state index contributed by atoms with van der Waals surface area (Å²) in [6.07, 6.45) is 3.04. The third-order valence-corrected chi connectivity index (χ3v) is 3.99. The van der Waals surface area contributed by atoms with E-state index in [9.17, 15) is 4.79 Å². The molecular weight excluding hydrogens is 318 g/mol. The normalized spacial score (nSPS) is 10.9. The van der Waals surface area contributed by atoms with Crippen LogP contribution in [0.3, 0.4) is 0 Å². The largest absolute Gasteiger partial charge is 0.446 e. The molecule has 0 bridgehead atoms. The Morgan fingerprint density at radius 3 is 2.72 bits per heavy atom. The van der Waals surface area contributed by atoms with Gasteiger partial charge in [-0.1, -0.05) is 36.4 Å². The number of carbonyl (C=O) groups excluding carboxylic acids is 1. The van der Waals surface area contributed by atoms with E-state index < -0.39 is 6.03 Å². The van der Waals surface area contributed by atoms with Gasteiger partial charge in [0.25, 0.3) is 0 Å². The maximum atomic E-state index is 11.0. The molecule has 4 N–H and O–H groups in total. The number of oxazole rings is 1. The van der Waals surface area contributed by atoms with Gasteiger partial charge in [-0.25, -0.2) is 14.8 Å². The van der Waals surface area contributed by atoms with E-state index in [4.69, 9.17) is 10.2 Å². The molecule has 0 radical (unpaired) electrons. The van der Waals surface area contributed by atoms with Gasteiger partial charge in [0.1, 0.15) is 5.69 Å². The zero-order chi connectivity index (χ0) is 17.2. The number of hydrogen-bond acceptors (Lipinski definition) is 4. The smallest absolute Gasteiger partial charge is 0.312 e.